The molecular formula is C13H21N5O. The highest BCUT2D eigenvalue weighted by Crippen LogP contribution is 2.25. The molecule has 2 aliphatic heterocycles. The molecule has 0 bridgehead atoms. The number of piperazine rings is 1. The molecule has 0 amide bonds. The molecule has 0 saturated carbocycles. The largest absolute Gasteiger partial charge is 0.481 e. The van der Waals surface area contributed by atoms with Gasteiger partial charge in [0.2, 0.25) is 11.8 Å². The quantitative estimate of drug-likeness (QED) is 0.803. The second-order valence-corrected chi connectivity index (χ2v) is 5.18. The van der Waals surface area contributed by atoms with Crippen LogP contribution in [0.15, 0.2) is 0 Å². The molecule has 3 rings (SSSR count). The second kappa shape index (κ2) is 5.30. The first-order valence-corrected chi connectivity index (χ1v) is 6.86. The van der Waals surface area contributed by atoms with Gasteiger partial charge in [0.25, 0.3) is 0 Å². The summed E-state index contributed by atoms with van der Waals surface area (Å²) in [7, 11) is 3.84. The lowest BCUT2D eigenvalue weighted by atomic mass is 10.1. The average molecular weight is 263 g/mol. The van der Waals surface area contributed by atoms with Crippen LogP contribution in [-0.2, 0) is 13.0 Å². The number of fused-ring (bicyclic) bond motifs is 1. The maximum absolute atomic E-state index is 5.45. The first kappa shape index (κ1) is 12.6. The van der Waals surface area contributed by atoms with E-state index in [1.807, 2.05) is 0 Å². The molecule has 0 aliphatic carbocycles. The van der Waals surface area contributed by atoms with Gasteiger partial charge in [-0.15, -0.1) is 0 Å². The van der Waals surface area contributed by atoms with Crippen molar-refractivity contribution in [3.63, 3.8) is 0 Å². The Morgan fingerprint density at radius 1 is 1.16 bits per heavy atom. The smallest absolute Gasteiger partial charge is 0.229 e. The minimum absolute atomic E-state index is 0.750. The van der Waals surface area contributed by atoms with Gasteiger partial charge in [-0.1, -0.05) is 0 Å². The normalized spacial score (nSPS) is 20.2. The number of nitrogens with one attached hydrogen (secondary N) is 1. The standard InChI is InChI=1S/C13H21N5O/c1-17-5-7-18(8-6-17)13-15-11-9-14-4-3-10(11)12(16-13)19-2/h14H,3-9H2,1-2H3. The maximum atomic E-state index is 5.45. The van der Waals surface area contributed by atoms with Crippen LogP contribution in [0.3, 0.4) is 0 Å². The highest BCUT2D eigenvalue weighted by Gasteiger charge is 2.22. The van der Waals surface area contributed by atoms with E-state index in [2.05, 4.69) is 27.1 Å². The van der Waals surface area contributed by atoms with Crippen LogP contribution in [0, 0.1) is 0 Å². The summed E-state index contributed by atoms with van der Waals surface area (Å²) >= 11 is 0. The van der Waals surface area contributed by atoms with Crippen LogP contribution in [-0.4, -0.2) is 61.7 Å². The molecular weight excluding hydrogens is 242 g/mol. The van der Waals surface area contributed by atoms with Gasteiger partial charge in [0.15, 0.2) is 0 Å². The number of nitrogens with zero attached hydrogens (tertiary/aromatic N) is 4. The summed E-state index contributed by atoms with van der Waals surface area (Å²) in [5.74, 6) is 1.56. The third-order valence-electron chi connectivity index (χ3n) is 3.87. The molecule has 3 heterocycles. The average Bonchev–Trinajstić information content (AvgIpc) is 2.47. The third-order valence-corrected chi connectivity index (χ3v) is 3.87. The van der Waals surface area contributed by atoms with Crippen LogP contribution >= 0.6 is 0 Å². The molecule has 6 nitrogen and oxygen atoms in total. The molecule has 0 spiro atoms. The summed E-state index contributed by atoms with van der Waals surface area (Å²) in [5, 5.41) is 3.36. The number of hydrogen-bond acceptors (Lipinski definition) is 6. The highest BCUT2D eigenvalue weighted by molar-refractivity contribution is 5.42. The van der Waals surface area contributed by atoms with Gasteiger partial charge in [0.05, 0.1) is 12.8 Å². The second-order valence-electron chi connectivity index (χ2n) is 5.18. The van der Waals surface area contributed by atoms with E-state index in [4.69, 9.17) is 9.72 Å². The number of likely N-dealkylation sites (N-methyl/N-ethyl adjacent to an activating group) is 1. The van der Waals surface area contributed by atoms with Gasteiger partial charge in [0, 0.05) is 38.3 Å². The first-order valence-electron chi connectivity index (χ1n) is 6.86. The van der Waals surface area contributed by atoms with Crippen LogP contribution in [0.2, 0.25) is 0 Å². The van der Waals surface area contributed by atoms with E-state index < -0.39 is 0 Å². The maximum Gasteiger partial charge on any atom is 0.229 e. The van der Waals surface area contributed by atoms with Gasteiger partial charge >= 0.3 is 0 Å². The SMILES string of the molecule is COc1nc(N2CCN(C)CC2)nc2c1CCNC2. The Morgan fingerprint density at radius 2 is 1.95 bits per heavy atom. The zero-order chi connectivity index (χ0) is 13.2. The van der Waals surface area contributed by atoms with Crippen molar-refractivity contribution in [2.45, 2.75) is 13.0 Å². The van der Waals surface area contributed by atoms with Crippen LogP contribution in [0.25, 0.3) is 0 Å². The number of hydrogen-bond donors (Lipinski definition) is 1. The highest BCUT2D eigenvalue weighted by atomic mass is 16.5. The van der Waals surface area contributed by atoms with Gasteiger partial charge in [-0.2, -0.15) is 4.98 Å². The van der Waals surface area contributed by atoms with Crippen molar-refractivity contribution in [1.82, 2.24) is 20.2 Å². The van der Waals surface area contributed by atoms with Crippen molar-refractivity contribution in [2.24, 2.45) is 0 Å². The number of methoxy groups -OCH3 is 1. The monoisotopic (exact) mass is 263 g/mol. The molecule has 1 fully saturated rings. The lowest BCUT2D eigenvalue weighted by Crippen LogP contribution is -2.45. The predicted molar refractivity (Wildman–Crippen MR) is 73.7 cm³/mol. The van der Waals surface area contributed by atoms with Gasteiger partial charge < -0.3 is 19.9 Å². The molecule has 0 unspecified atom stereocenters. The Labute approximate surface area is 113 Å². The van der Waals surface area contributed by atoms with Crippen molar-refractivity contribution < 1.29 is 4.74 Å². The molecule has 1 N–H and O–H groups in total. The van der Waals surface area contributed by atoms with Gasteiger partial charge in [0.1, 0.15) is 0 Å². The molecule has 0 atom stereocenters. The Bertz CT molecular complexity index is 439. The summed E-state index contributed by atoms with van der Waals surface area (Å²) in [6.45, 7) is 5.86. The van der Waals surface area contributed by atoms with Gasteiger partial charge in [-0.25, -0.2) is 4.98 Å². The van der Waals surface area contributed by atoms with E-state index in [1.54, 1.807) is 7.11 Å². The van der Waals surface area contributed by atoms with Crippen LogP contribution in [0.5, 0.6) is 5.88 Å². The van der Waals surface area contributed by atoms with Crippen molar-refractivity contribution >= 4 is 5.95 Å². The molecule has 0 radical (unpaired) electrons. The summed E-state index contributed by atoms with van der Waals surface area (Å²) < 4.78 is 5.45. The topological polar surface area (TPSA) is 53.5 Å². The Hall–Kier alpha value is -1.40. The summed E-state index contributed by atoms with van der Waals surface area (Å²) in [6.07, 6.45) is 0.946. The van der Waals surface area contributed by atoms with Crippen molar-refractivity contribution in [3.8, 4) is 5.88 Å². The molecule has 1 aromatic rings. The number of rotatable bonds is 2. The van der Waals surface area contributed by atoms with E-state index in [-0.39, 0.29) is 0 Å². The fourth-order valence-electron chi connectivity index (χ4n) is 2.63. The van der Waals surface area contributed by atoms with Crippen molar-refractivity contribution in [1.29, 1.82) is 0 Å². The number of aromatic nitrogens is 2. The van der Waals surface area contributed by atoms with E-state index in [0.29, 0.717) is 0 Å². The molecule has 2 aliphatic rings. The zero-order valence-corrected chi connectivity index (χ0v) is 11.6. The van der Waals surface area contributed by atoms with E-state index >= 15 is 0 Å². The lowest BCUT2D eigenvalue weighted by molar-refractivity contribution is 0.310. The van der Waals surface area contributed by atoms with E-state index in [1.165, 1.54) is 5.56 Å². The van der Waals surface area contributed by atoms with E-state index in [0.717, 1.165) is 63.2 Å². The van der Waals surface area contributed by atoms with Gasteiger partial charge in [-0.3, -0.25) is 0 Å². The molecule has 1 saturated heterocycles. The summed E-state index contributed by atoms with van der Waals surface area (Å²) in [5.41, 5.74) is 2.26. The van der Waals surface area contributed by atoms with Crippen LogP contribution in [0.1, 0.15) is 11.3 Å². The Morgan fingerprint density at radius 3 is 2.68 bits per heavy atom. The molecule has 0 aromatic carbocycles. The fraction of sp³-hybridized carbons (Fsp3) is 0.692. The van der Waals surface area contributed by atoms with Crippen molar-refractivity contribution in [2.75, 3.05) is 51.8 Å². The number of ether oxygens (including phenoxy) is 1. The Balaban J connectivity index is 1.89. The minimum atomic E-state index is 0.750. The van der Waals surface area contributed by atoms with Crippen LogP contribution in [0.4, 0.5) is 5.95 Å². The molecule has 104 valence electrons. The Kier molecular flexibility index (Phi) is 3.52. The summed E-state index contributed by atoms with van der Waals surface area (Å²) in [4.78, 5) is 13.9. The number of anilines is 1. The lowest BCUT2D eigenvalue weighted by Gasteiger charge is -2.33. The minimum Gasteiger partial charge on any atom is -0.481 e. The van der Waals surface area contributed by atoms with Crippen molar-refractivity contribution in [3.05, 3.63) is 11.3 Å². The third kappa shape index (κ3) is 2.50. The first-order chi connectivity index (χ1) is 9.28. The zero-order valence-electron chi connectivity index (χ0n) is 11.6. The molecule has 19 heavy (non-hydrogen) atoms. The fourth-order valence-corrected chi connectivity index (χ4v) is 2.63. The molecule has 6 heteroatoms. The van der Waals surface area contributed by atoms with E-state index in [9.17, 15) is 0 Å². The summed E-state index contributed by atoms with van der Waals surface area (Å²) in [6, 6.07) is 0. The van der Waals surface area contributed by atoms with Gasteiger partial charge in [-0.05, 0) is 20.0 Å². The molecule has 1 aromatic heterocycles. The predicted octanol–water partition coefficient (Wildman–Crippen LogP) is -0.117. The van der Waals surface area contributed by atoms with Crippen LogP contribution < -0.4 is 15.0 Å².